The van der Waals surface area contributed by atoms with Crippen LogP contribution in [0.2, 0.25) is 0 Å². The third kappa shape index (κ3) is 5.14. The van der Waals surface area contributed by atoms with E-state index >= 15 is 0 Å². The molecule has 0 atom stereocenters. The van der Waals surface area contributed by atoms with Crippen molar-refractivity contribution in [3.63, 3.8) is 0 Å². The largest absolute Gasteiger partial charge is 0.480 e. The molecule has 0 radical (unpaired) electrons. The molecule has 1 aliphatic heterocycles. The van der Waals surface area contributed by atoms with Crippen LogP contribution in [-0.4, -0.2) is 66.1 Å². The van der Waals surface area contributed by atoms with Gasteiger partial charge in [-0.05, 0) is 19.4 Å². The summed E-state index contributed by atoms with van der Waals surface area (Å²) in [6, 6.07) is 0. The smallest absolute Gasteiger partial charge is 0.317 e. The summed E-state index contributed by atoms with van der Waals surface area (Å²) in [7, 11) is 0. The molecule has 1 fully saturated rings. The maximum atomic E-state index is 11.8. The molecule has 0 aromatic heterocycles. The molecular formula is C11H21N3O3. The van der Waals surface area contributed by atoms with Gasteiger partial charge in [-0.25, -0.2) is 0 Å². The number of carbonyl (C=O) groups is 2. The summed E-state index contributed by atoms with van der Waals surface area (Å²) in [4.78, 5) is 26.1. The van der Waals surface area contributed by atoms with Crippen LogP contribution >= 0.6 is 0 Å². The van der Waals surface area contributed by atoms with E-state index in [2.05, 4.69) is 0 Å². The zero-order chi connectivity index (χ0) is 12.7. The van der Waals surface area contributed by atoms with Gasteiger partial charge in [0.25, 0.3) is 0 Å². The molecule has 0 spiro atoms. The summed E-state index contributed by atoms with van der Waals surface area (Å²) in [5.41, 5.74) is 5.37. The highest BCUT2D eigenvalue weighted by atomic mass is 16.4. The van der Waals surface area contributed by atoms with Crippen LogP contribution < -0.4 is 5.73 Å². The predicted octanol–water partition coefficient (Wildman–Crippen LogP) is -0.656. The van der Waals surface area contributed by atoms with Crippen molar-refractivity contribution in [2.75, 3.05) is 39.3 Å². The molecule has 1 rings (SSSR count). The number of amides is 1. The van der Waals surface area contributed by atoms with Crippen molar-refractivity contribution >= 4 is 11.9 Å². The Balaban J connectivity index is 2.36. The van der Waals surface area contributed by atoms with Crippen molar-refractivity contribution in [1.82, 2.24) is 9.80 Å². The second-order valence-corrected chi connectivity index (χ2v) is 4.30. The molecule has 6 nitrogen and oxygen atoms in total. The van der Waals surface area contributed by atoms with Gasteiger partial charge in [-0.2, -0.15) is 0 Å². The SMILES string of the molecule is NCCCC(=O)N1CCCN(CC(=O)O)CC1. The van der Waals surface area contributed by atoms with Crippen molar-refractivity contribution in [3.05, 3.63) is 0 Å². The molecule has 0 unspecified atom stereocenters. The normalized spacial score (nSPS) is 17.8. The molecule has 0 bridgehead atoms. The number of hydrogen-bond acceptors (Lipinski definition) is 4. The number of hydrogen-bond donors (Lipinski definition) is 2. The van der Waals surface area contributed by atoms with Crippen molar-refractivity contribution in [2.45, 2.75) is 19.3 Å². The van der Waals surface area contributed by atoms with E-state index < -0.39 is 5.97 Å². The van der Waals surface area contributed by atoms with Gasteiger partial charge in [0, 0.05) is 32.6 Å². The van der Waals surface area contributed by atoms with Gasteiger partial charge in [0.2, 0.25) is 5.91 Å². The van der Waals surface area contributed by atoms with Gasteiger partial charge in [-0.3, -0.25) is 14.5 Å². The molecule has 0 aromatic rings. The number of nitrogens with zero attached hydrogens (tertiary/aromatic N) is 2. The van der Waals surface area contributed by atoms with E-state index in [1.807, 2.05) is 9.80 Å². The Labute approximate surface area is 101 Å². The summed E-state index contributed by atoms with van der Waals surface area (Å²) in [5, 5.41) is 8.71. The Hall–Kier alpha value is -1.14. The van der Waals surface area contributed by atoms with Crippen molar-refractivity contribution < 1.29 is 14.7 Å². The average molecular weight is 243 g/mol. The topological polar surface area (TPSA) is 86.9 Å². The van der Waals surface area contributed by atoms with E-state index in [1.54, 1.807) is 0 Å². The first kappa shape index (κ1) is 13.9. The van der Waals surface area contributed by atoms with Crippen molar-refractivity contribution in [3.8, 4) is 0 Å². The molecule has 17 heavy (non-hydrogen) atoms. The van der Waals surface area contributed by atoms with E-state index in [9.17, 15) is 9.59 Å². The fraction of sp³-hybridized carbons (Fsp3) is 0.818. The van der Waals surface area contributed by atoms with E-state index in [4.69, 9.17) is 10.8 Å². The Kier molecular flexibility index (Phi) is 5.93. The van der Waals surface area contributed by atoms with E-state index in [-0.39, 0.29) is 12.5 Å². The summed E-state index contributed by atoms with van der Waals surface area (Å²) in [6.07, 6.45) is 2.05. The Morgan fingerprint density at radius 2 is 1.94 bits per heavy atom. The summed E-state index contributed by atoms with van der Waals surface area (Å²) in [5.74, 6) is -0.680. The lowest BCUT2D eigenvalue weighted by atomic mass is 10.2. The monoisotopic (exact) mass is 243 g/mol. The standard InChI is InChI=1S/C11H21N3O3/c12-4-1-3-10(15)14-6-2-5-13(7-8-14)9-11(16)17/h1-9,12H2,(H,16,17). The Bertz CT molecular complexity index is 271. The van der Waals surface area contributed by atoms with Crippen molar-refractivity contribution in [2.24, 2.45) is 5.73 Å². The number of carboxylic acids is 1. The minimum Gasteiger partial charge on any atom is -0.480 e. The van der Waals surface area contributed by atoms with Crippen LogP contribution in [0.5, 0.6) is 0 Å². The van der Waals surface area contributed by atoms with Gasteiger partial charge in [-0.1, -0.05) is 0 Å². The molecule has 98 valence electrons. The molecule has 3 N–H and O–H groups in total. The van der Waals surface area contributed by atoms with Gasteiger partial charge in [0.15, 0.2) is 0 Å². The van der Waals surface area contributed by atoms with E-state index in [0.29, 0.717) is 32.5 Å². The Morgan fingerprint density at radius 1 is 1.18 bits per heavy atom. The molecule has 6 heteroatoms. The zero-order valence-corrected chi connectivity index (χ0v) is 10.1. The number of nitrogens with two attached hydrogens (primary N) is 1. The summed E-state index contributed by atoms with van der Waals surface area (Å²) >= 11 is 0. The first-order valence-corrected chi connectivity index (χ1v) is 6.05. The van der Waals surface area contributed by atoms with Crippen molar-refractivity contribution in [1.29, 1.82) is 0 Å². The lowest BCUT2D eigenvalue weighted by Gasteiger charge is -2.21. The van der Waals surface area contributed by atoms with Gasteiger partial charge in [0.1, 0.15) is 0 Å². The summed E-state index contributed by atoms with van der Waals surface area (Å²) in [6.45, 7) is 3.32. The fourth-order valence-corrected chi connectivity index (χ4v) is 1.98. The van der Waals surface area contributed by atoms with Crippen LogP contribution in [0.15, 0.2) is 0 Å². The third-order valence-corrected chi connectivity index (χ3v) is 2.89. The molecule has 1 aliphatic rings. The maximum absolute atomic E-state index is 11.8. The molecule has 1 saturated heterocycles. The first-order chi connectivity index (χ1) is 8.13. The number of carboxylic acid groups (broad SMARTS) is 1. The van der Waals surface area contributed by atoms with E-state index in [0.717, 1.165) is 19.5 Å². The highest BCUT2D eigenvalue weighted by Gasteiger charge is 2.19. The van der Waals surface area contributed by atoms with Crippen LogP contribution in [-0.2, 0) is 9.59 Å². The van der Waals surface area contributed by atoms with Gasteiger partial charge >= 0.3 is 5.97 Å². The second-order valence-electron chi connectivity index (χ2n) is 4.30. The van der Waals surface area contributed by atoms with Crippen LogP contribution in [0, 0.1) is 0 Å². The second kappa shape index (κ2) is 7.24. The van der Waals surface area contributed by atoms with Gasteiger partial charge < -0.3 is 15.7 Å². The minimum atomic E-state index is -0.812. The highest BCUT2D eigenvalue weighted by Crippen LogP contribution is 2.05. The lowest BCUT2D eigenvalue weighted by Crippen LogP contribution is -2.36. The van der Waals surface area contributed by atoms with Crippen LogP contribution in [0.25, 0.3) is 0 Å². The molecule has 0 saturated carbocycles. The fourth-order valence-electron chi connectivity index (χ4n) is 1.98. The van der Waals surface area contributed by atoms with Crippen LogP contribution in [0.3, 0.4) is 0 Å². The number of rotatable bonds is 5. The van der Waals surface area contributed by atoms with Crippen LogP contribution in [0.4, 0.5) is 0 Å². The number of aliphatic carboxylic acids is 1. The summed E-state index contributed by atoms with van der Waals surface area (Å²) < 4.78 is 0. The third-order valence-electron chi connectivity index (χ3n) is 2.89. The Morgan fingerprint density at radius 3 is 2.59 bits per heavy atom. The molecule has 1 heterocycles. The van der Waals surface area contributed by atoms with Gasteiger partial charge in [0.05, 0.1) is 6.54 Å². The van der Waals surface area contributed by atoms with E-state index in [1.165, 1.54) is 0 Å². The predicted molar refractivity (Wildman–Crippen MR) is 63.6 cm³/mol. The molecule has 1 amide bonds. The van der Waals surface area contributed by atoms with Gasteiger partial charge in [-0.15, -0.1) is 0 Å². The zero-order valence-electron chi connectivity index (χ0n) is 10.1. The van der Waals surface area contributed by atoms with Crippen LogP contribution in [0.1, 0.15) is 19.3 Å². The molecule has 0 aliphatic carbocycles. The minimum absolute atomic E-state index is 0.0603. The first-order valence-electron chi connectivity index (χ1n) is 6.05. The maximum Gasteiger partial charge on any atom is 0.317 e. The lowest BCUT2D eigenvalue weighted by molar-refractivity contribution is -0.138. The number of carbonyl (C=O) groups excluding carboxylic acids is 1. The quantitative estimate of drug-likeness (QED) is 0.669. The highest BCUT2D eigenvalue weighted by molar-refractivity contribution is 5.76. The molecular weight excluding hydrogens is 222 g/mol. The average Bonchev–Trinajstić information content (AvgIpc) is 2.51. The molecule has 0 aromatic carbocycles.